The number of nitrogens with zero attached hydrogens (tertiary/aromatic N) is 1. The van der Waals surface area contributed by atoms with Crippen LogP contribution in [0.4, 0.5) is 5.69 Å². The molecule has 124 valence electrons. The highest BCUT2D eigenvalue weighted by Gasteiger charge is 2.27. The minimum atomic E-state index is 0.0156. The van der Waals surface area contributed by atoms with E-state index >= 15 is 0 Å². The average Bonchev–Trinajstić information content (AvgIpc) is 2.61. The second-order valence-corrected chi connectivity index (χ2v) is 6.16. The molecular formula is C19H18ClNO3. The van der Waals surface area contributed by atoms with Gasteiger partial charge in [0.2, 0.25) is 5.91 Å². The van der Waals surface area contributed by atoms with Crippen LogP contribution in [-0.4, -0.2) is 25.3 Å². The molecule has 3 rings (SSSR count). The van der Waals surface area contributed by atoms with Crippen molar-refractivity contribution in [3.05, 3.63) is 58.6 Å². The Kier molecular flexibility index (Phi) is 4.86. The number of methoxy groups -OCH3 is 1. The summed E-state index contributed by atoms with van der Waals surface area (Å²) in [5, 5.41) is 0.509. The van der Waals surface area contributed by atoms with Crippen molar-refractivity contribution in [3.63, 3.8) is 0 Å². The maximum Gasteiger partial charge on any atom is 0.227 e. The number of hydrogen-bond acceptors (Lipinski definition) is 3. The fourth-order valence-corrected chi connectivity index (χ4v) is 3.05. The van der Waals surface area contributed by atoms with Crippen LogP contribution in [0.5, 0.6) is 5.75 Å². The number of rotatable bonds is 4. The van der Waals surface area contributed by atoms with E-state index in [2.05, 4.69) is 0 Å². The number of carbonyl (C=O) groups excluding carboxylic acids is 2. The molecule has 0 N–H and O–H groups in total. The van der Waals surface area contributed by atoms with Crippen molar-refractivity contribution in [2.45, 2.75) is 19.3 Å². The van der Waals surface area contributed by atoms with Crippen LogP contribution in [0.2, 0.25) is 5.02 Å². The van der Waals surface area contributed by atoms with Crippen LogP contribution in [0, 0.1) is 0 Å². The van der Waals surface area contributed by atoms with Gasteiger partial charge in [-0.15, -0.1) is 0 Å². The van der Waals surface area contributed by atoms with Crippen LogP contribution in [0.15, 0.2) is 42.5 Å². The first-order valence-corrected chi connectivity index (χ1v) is 8.22. The van der Waals surface area contributed by atoms with Crippen molar-refractivity contribution in [2.24, 2.45) is 0 Å². The number of benzene rings is 2. The molecule has 24 heavy (non-hydrogen) atoms. The normalized spacial score (nSPS) is 13.6. The number of fused-ring (bicyclic) bond motifs is 1. The molecule has 2 aromatic carbocycles. The first kappa shape index (κ1) is 16.5. The molecule has 0 aromatic heterocycles. The molecule has 1 aliphatic heterocycles. The summed E-state index contributed by atoms with van der Waals surface area (Å²) in [7, 11) is 1.62. The number of ketones is 1. The summed E-state index contributed by atoms with van der Waals surface area (Å²) in [5.41, 5.74) is 2.27. The smallest absolute Gasteiger partial charge is 0.227 e. The minimum Gasteiger partial charge on any atom is -0.497 e. The number of hydrogen-bond donors (Lipinski definition) is 0. The number of Topliss-reactive ketones (excluding diaryl/α,β-unsaturated/α-hetero) is 1. The number of anilines is 1. The molecule has 0 atom stereocenters. The molecule has 0 saturated carbocycles. The summed E-state index contributed by atoms with van der Waals surface area (Å²) in [5.74, 6) is 0.846. The van der Waals surface area contributed by atoms with Gasteiger partial charge in [-0.1, -0.05) is 23.7 Å². The first-order chi connectivity index (χ1) is 11.6. The lowest BCUT2D eigenvalue weighted by molar-refractivity contribution is -0.118. The molecule has 0 aliphatic carbocycles. The van der Waals surface area contributed by atoms with Crippen molar-refractivity contribution < 1.29 is 14.3 Å². The zero-order chi connectivity index (χ0) is 17.1. The summed E-state index contributed by atoms with van der Waals surface area (Å²) >= 11 is 5.97. The van der Waals surface area contributed by atoms with E-state index in [1.807, 2.05) is 24.3 Å². The monoisotopic (exact) mass is 343 g/mol. The maximum atomic E-state index is 12.6. The summed E-state index contributed by atoms with van der Waals surface area (Å²) in [6.07, 6.45) is 1.38. The predicted molar refractivity (Wildman–Crippen MR) is 94.1 cm³/mol. The van der Waals surface area contributed by atoms with Gasteiger partial charge in [0.25, 0.3) is 0 Å². The van der Waals surface area contributed by atoms with E-state index in [4.69, 9.17) is 16.3 Å². The van der Waals surface area contributed by atoms with Crippen LogP contribution in [0.3, 0.4) is 0 Å². The van der Waals surface area contributed by atoms with Crippen molar-refractivity contribution >= 4 is 29.0 Å². The summed E-state index contributed by atoms with van der Waals surface area (Å²) in [6.45, 7) is 0.426. The zero-order valence-corrected chi connectivity index (χ0v) is 14.2. The Morgan fingerprint density at radius 3 is 2.67 bits per heavy atom. The van der Waals surface area contributed by atoms with Gasteiger partial charge in [-0.25, -0.2) is 0 Å². The van der Waals surface area contributed by atoms with Gasteiger partial charge in [0.15, 0.2) is 5.78 Å². The molecule has 0 bridgehead atoms. The van der Waals surface area contributed by atoms with E-state index in [0.29, 0.717) is 42.1 Å². The summed E-state index contributed by atoms with van der Waals surface area (Å²) in [4.78, 5) is 26.3. The molecule has 5 heteroatoms. The molecule has 0 spiro atoms. The lowest BCUT2D eigenvalue weighted by atomic mass is 9.99. The van der Waals surface area contributed by atoms with E-state index in [9.17, 15) is 9.59 Å². The molecule has 1 heterocycles. The Morgan fingerprint density at radius 2 is 1.96 bits per heavy atom. The molecule has 0 unspecified atom stereocenters. The fourth-order valence-electron chi connectivity index (χ4n) is 2.87. The standard InChI is InChI=1S/C19H18ClNO3/c1-24-15-6-2-13(3-7-15)4-9-19(23)21-11-10-18(22)16-12-14(20)5-8-17(16)21/h2-3,5-8,12H,4,9-11H2,1H3. The zero-order valence-electron chi connectivity index (χ0n) is 13.4. The van der Waals surface area contributed by atoms with E-state index in [0.717, 1.165) is 11.3 Å². The maximum absolute atomic E-state index is 12.6. The van der Waals surface area contributed by atoms with Gasteiger partial charge in [0, 0.05) is 30.0 Å². The number of carbonyl (C=O) groups is 2. The second kappa shape index (κ2) is 7.05. The molecule has 0 saturated heterocycles. The Hall–Kier alpha value is -2.33. The van der Waals surface area contributed by atoms with Crippen LogP contribution in [0.1, 0.15) is 28.8 Å². The lowest BCUT2D eigenvalue weighted by Crippen LogP contribution is -2.37. The molecule has 4 nitrogen and oxygen atoms in total. The average molecular weight is 344 g/mol. The van der Waals surface area contributed by atoms with Gasteiger partial charge < -0.3 is 9.64 Å². The van der Waals surface area contributed by atoms with Crippen LogP contribution in [-0.2, 0) is 11.2 Å². The molecule has 0 radical (unpaired) electrons. The largest absolute Gasteiger partial charge is 0.497 e. The Bertz CT molecular complexity index is 771. The highest BCUT2D eigenvalue weighted by molar-refractivity contribution is 6.31. The van der Waals surface area contributed by atoms with Gasteiger partial charge in [-0.2, -0.15) is 0 Å². The third-order valence-corrected chi connectivity index (χ3v) is 4.44. The number of aryl methyl sites for hydroxylation is 1. The highest BCUT2D eigenvalue weighted by atomic mass is 35.5. The van der Waals surface area contributed by atoms with Gasteiger partial charge in [0.05, 0.1) is 12.8 Å². The summed E-state index contributed by atoms with van der Waals surface area (Å²) < 4.78 is 5.13. The van der Waals surface area contributed by atoms with E-state index in [1.165, 1.54) is 0 Å². The fraction of sp³-hybridized carbons (Fsp3) is 0.263. The van der Waals surface area contributed by atoms with Crippen LogP contribution < -0.4 is 9.64 Å². The molecule has 0 fully saturated rings. The quantitative estimate of drug-likeness (QED) is 0.845. The van der Waals surface area contributed by atoms with Crippen molar-refractivity contribution in [3.8, 4) is 5.75 Å². The van der Waals surface area contributed by atoms with Gasteiger partial charge in [-0.05, 0) is 42.3 Å². The third-order valence-electron chi connectivity index (χ3n) is 4.20. The van der Waals surface area contributed by atoms with E-state index in [1.54, 1.807) is 30.2 Å². The second-order valence-electron chi connectivity index (χ2n) is 5.73. The minimum absolute atomic E-state index is 0.0156. The Balaban J connectivity index is 1.71. The van der Waals surface area contributed by atoms with Gasteiger partial charge in [0.1, 0.15) is 5.75 Å². The SMILES string of the molecule is COc1ccc(CCC(=O)N2CCC(=O)c3cc(Cl)ccc32)cc1. The van der Waals surface area contributed by atoms with Crippen LogP contribution in [0.25, 0.3) is 0 Å². The van der Waals surface area contributed by atoms with Crippen molar-refractivity contribution in [1.82, 2.24) is 0 Å². The van der Waals surface area contributed by atoms with Crippen molar-refractivity contribution in [2.75, 3.05) is 18.6 Å². The van der Waals surface area contributed by atoms with Gasteiger partial charge >= 0.3 is 0 Å². The first-order valence-electron chi connectivity index (χ1n) is 7.84. The molecular weight excluding hydrogens is 326 g/mol. The Morgan fingerprint density at radius 1 is 1.21 bits per heavy atom. The molecule has 1 aliphatic rings. The number of halogens is 1. The molecule has 2 aromatic rings. The van der Waals surface area contributed by atoms with E-state index in [-0.39, 0.29) is 11.7 Å². The Labute approximate surface area is 146 Å². The van der Waals surface area contributed by atoms with Crippen LogP contribution >= 0.6 is 11.6 Å². The number of amides is 1. The lowest BCUT2D eigenvalue weighted by Gasteiger charge is -2.29. The summed E-state index contributed by atoms with van der Waals surface area (Å²) in [6, 6.07) is 12.8. The molecule has 1 amide bonds. The third kappa shape index (κ3) is 3.44. The van der Waals surface area contributed by atoms with E-state index < -0.39 is 0 Å². The van der Waals surface area contributed by atoms with Crippen molar-refractivity contribution in [1.29, 1.82) is 0 Å². The van der Waals surface area contributed by atoms with Gasteiger partial charge in [-0.3, -0.25) is 9.59 Å². The topological polar surface area (TPSA) is 46.6 Å². The highest BCUT2D eigenvalue weighted by Crippen LogP contribution is 2.30. The number of ether oxygens (including phenoxy) is 1. The predicted octanol–water partition coefficient (Wildman–Crippen LogP) is 3.90.